The molecule has 0 aromatic heterocycles. The summed E-state index contributed by atoms with van der Waals surface area (Å²) in [6.45, 7) is 4.55. The summed E-state index contributed by atoms with van der Waals surface area (Å²) in [4.78, 5) is 0. The van der Waals surface area contributed by atoms with E-state index in [1.54, 1.807) is 13.2 Å². The third kappa shape index (κ3) is 2.99. The molecule has 1 saturated carbocycles. The fraction of sp³-hybridized carbons (Fsp3) is 0.600. The molecule has 2 unspecified atom stereocenters. The lowest BCUT2D eigenvalue weighted by Crippen LogP contribution is -2.21. The Morgan fingerprint density at radius 3 is 2.47 bits per heavy atom. The molecule has 0 radical (unpaired) electrons. The molecule has 1 aliphatic rings. The largest absolute Gasteiger partial charge is 0.495 e. The first-order valence-corrected chi connectivity index (χ1v) is 7.73. The van der Waals surface area contributed by atoms with Crippen molar-refractivity contribution in [3.8, 4) is 5.75 Å². The van der Waals surface area contributed by atoms with Crippen molar-refractivity contribution in [1.29, 1.82) is 0 Å². The van der Waals surface area contributed by atoms with Gasteiger partial charge in [0.1, 0.15) is 5.75 Å². The Morgan fingerprint density at radius 2 is 1.95 bits per heavy atom. The number of alkyl halides is 1. The molecular weight excluding hydrogens is 303 g/mol. The van der Waals surface area contributed by atoms with Crippen molar-refractivity contribution in [3.05, 3.63) is 27.7 Å². The monoisotopic (exact) mass is 320 g/mol. The zero-order valence-electron chi connectivity index (χ0n) is 11.5. The summed E-state index contributed by atoms with van der Waals surface area (Å²) < 4.78 is 5.17. The minimum Gasteiger partial charge on any atom is -0.495 e. The van der Waals surface area contributed by atoms with E-state index in [1.165, 1.54) is 12.8 Å². The molecule has 2 rings (SSSR count). The highest BCUT2D eigenvalue weighted by Crippen LogP contribution is 2.52. The minimum absolute atomic E-state index is 0.103. The Labute approximate surface area is 130 Å². The summed E-state index contributed by atoms with van der Waals surface area (Å²) in [7, 11) is 1.58. The summed E-state index contributed by atoms with van der Waals surface area (Å²) in [6.07, 6.45) is 3.58. The minimum atomic E-state index is -0.103. The van der Waals surface area contributed by atoms with Crippen molar-refractivity contribution in [3.63, 3.8) is 0 Å². The Hall–Kier alpha value is -0.110. The molecule has 19 heavy (non-hydrogen) atoms. The SMILES string of the molecule is COc1cc(Cl)c(C(Cl)C2CCCC2(C)C)cc1Cl. The molecule has 0 spiro atoms. The lowest BCUT2D eigenvalue weighted by atomic mass is 9.78. The van der Waals surface area contributed by atoms with Gasteiger partial charge in [-0.2, -0.15) is 0 Å². The van der Waals surface area contributed by atoms with Gasteiger partial charge in [-0.25, -0.2) is 0 Å². The standard InChI is InChI=1S/C15H19Cl3O/c1-15(2)6-4-5-10(15)14(18)9-7-12(17)13(19-3)8-11(9)16/h7-8,10,14H,4-6H2,1-3H3. The molecule has 0 N–H and O–H groups in total. The van der Waals surface area contributed by atoms with Gasteiger partial charge >= 0.3 is 0 Å². The molecule has 0 amide bonds. The molecule has 1 aromatic carbocycles. The predicted molar refractivity (Wildman–Crippen MR) is 82.7 cm³/mol. The van der Waals surface area contributed by atoms with E-state index in [9.17, 15) is 0 Å². The maximum Gasteiger partial charge on any atom is 0.138 e. The van der Waals surface area contributed by atoms with Crippen molar-refractivity contribution in [1.82, 2.24) is 0 Å². The van der Waals surface area contributed by atoms with Crippen molar-refractivity contribution in [2.45, 2.75) is 38.5 Å². The van der Waals surface area contributed by atoms with Crippen LogP contribution in [0.3, 0.4) is 0 Å². The first kappa shape index (κ1) is 15.3. The van der Waals surface area contributed by atoms with E-state index in [0.717, 1.165) is 12.0 Å². The highest BCUT2D eigenvalue weighted by atomic mass is 35.5. The van der Waals surface area contributed by atoms with Crippen LogP contribution in [0.2, 0.25) is 10.0 Å². The second kappa shape index (κ2) is 5.71. The fourth-order valence-electron chi connectivity index (χ4n) is 3.02. The Kier molecular flexibility index (Phi) is 4.59. The van der Waals surface area contributed by atoms with Gasteiger partial charge < -0.3 is 4.74 Å². The molecule has 0 saturated heterocycles. The van der Waals surface area contributed by atoms with Crippen LogP contribution >= 0.6 is 34.8 Å². The zero-order valence-corrected chi connectivity index (χ0v) is 13.7. The van der Waals surface area contributed by atoms with E-state index in [4.69, 9.17) is 39.5 Å². The van der Waals surface area contributed by atoms with Crippen LogP contribution in [0.5, 0.6) is 5.75 Å². The highest BCUT2D eigenvalue weighted by Gasteiger charge is 2.40. The van der Waals surface area contributed by atoms with E-state index in [-0.39, 0.29) is 10.8 Å². The third-order valence-corrected chi connectivity index (χ3v) is 5.42. The maximum atomic E-state index is 6.69. The summed E-state index contributed by atoms with van der Waals surface area (Å²) in [5.74, 6) is 1.01. The van der Waals surface area contributed by atoms with E-state index in [2.05, 4.69) is 13.8 Å². The number of halogens is 3. The first-order valence-electron chi connectivity index (χ1n) is 6.54. The number of ether oxygens (including phenoxy) is 1. The van der Waals surface area contributed by atoms with Gasteiger partial charge in [-0.1, -0.05) is 43.5 Å². The van der Waals surface area contributed by atoms with Gasteiger partial charge in [0.05, 0.1) is 17.5 Å². The lowest BCUT2D eigenvalue weighted by Gasteiger charge is -2.31. The Bertz CT molecular complexity index is 471. The number of methoxy groups -OCH3 is 1. The fourth-order valence-corrected chi connectivity index (χ4v) is 4.25. The summed E-state index contributed by atoms with van der Waals surface area (Å²) >= 11 is 19.2. The molecular formula is C15H19Cl3O. The van der Waals surface area contributed by atoms with Gasteiger partial charge in [0.2, 0.25) is 0 Å². The van der Waals surface area contributed by atoms with E-state index in [0.29, 0.717) is 21.7 Å². The molecule has 1 aromatic rings. The predicted octanol–water partition coefficient (Wildman–Crippen LogP) is 6.11. The van der Waals surface area contributed by atoms with Crippen LogP contribution in [-0.2, 0) is 0 Å². The first-order chi connectivity index (χ1) is 8.86. The van der Waals surface area contributed by atoms with E-state index >= 15 is 0 Å². The lowest BCUT2D eigenvalue weighted by molar-refractivity contribution is 0.252. The van der Waals surface area contributed by atoms with Crippen molar-refractivity contribution >= 4 is 34.8 Å². The van der Waals surface area contributed by atoms with Crippen LogP contribution < -0.4 is 4.74 Å². The van der Waals surface area contributed by atoms with Gasteiger partial charge in [-0.15, -0.1) is 11.6 Å². The summed E-state index contributed by atoms with van der Waals surface area (Å²) in [5.41, 5.74) is 1.16. The van der Waals surface area contributed by atoms with Crippen molar-refractivity contribution in [2.24, 2.45) is 11.3 Å². The van der Waals surface area contributed by atoms with E-state index < -0.39 is 0 Å². The molecule has 1 fully saturated rings. The normalized spacial score (nSPS) is 23.4. The number of benzene rings is 1. The highest BCUT2D eigenvalue weighted by molar-refractivity contribution is 6.35. The van der Waals surface area contributed by atoms with Crippen LogP contribution in [0.1, 0.15) is 44.1 Å². The number of rotatable bonds is 3. The molecule has 1 nitrogen and oxygen atoms in total. The Morgan fingerprint density at radius 1 is 1.26 bits per heavy atom. The maximum absolute atomic E-state index is 6.69. The quantitative estimate of drug-likeness (QED) is 0.610. The zero-order chi connectivity index (χ0) is 14.2. The molecule has 106 valence electrons. The van der Waals surface area contributed by atoms with Gasteiger partial charge in [0.15, 0.2) is 0 Å². The summed E-state index contributed by atoms with van der Waals surface area (Å²) in [6, 6.07) is 3.59. The van der Waals surface area contributed by atoms with Crippen LogP contribution in [0.4, 0.5) is 0 Å². The molecule has 0 heterocycles. The summed E-state index contributed by atoms with van der Waals surface area (Å²) in [5, 5.41) is 1.08. The van der Waals surface area contributed by atoms with Crippen LogP contribution in [0.25, 0.3) is 0 Å². The van der Waals surface area contributed by atoms with Gasteiger partial charge in [0, 0.05) is 11.1 Å². The average molecular weight is 322 g/mol. The van der Waals surface area contributed by atoms with Crippen molar-refractivity contribution in [2.75, 3.05) is 7.11 Å². The second-order valence-corrected chi connectivity index (χ2v) is 7.18. The van der Waals surface area contributed by atoms with Crippen molar-refractivity contribution < 1.29 is 4.74 Å². The van der Waals surface area contributed by atoms with E-state index in [1.807, 2.05) is 6.07 Å². The van der Waals surface area contributed by atoms with Crippen LogP contribution in [0, 0.1) is 11.3 Å². The molecule has 0 bridgehead atoms. The molecule has 2 atom stereocenters. The van der Waals surface area contributed by atoms with Gasteiger partial charge in [0.25, 0.3) is 0 Å². The van der Waals surface area contributed by atoms with Crippen LogP contribution in [-0.4, -0.2) is 7.11 Å². The second-order valence-electron chi connectivity index (χ2n) is 5.90. The van der Waals surface area contributed by atoms with Gasteiger partial charge in [-0.05, 0) is 35.8 Å². The topological polar surface area (TPSA) is 9.23 Å². The van der Waals surface area contributed by atoms with Crippen LogP contribution in [0.15, 0.2) is 12.1 Å². The number of hydrogen-bond donors (Lipinski definition) is 0. The number of hydrogen-bond acceptors (Lipinski definition) is 1. The van der Waals surface area contributed by atoms with Gasteiger partial charge in [-0.3, -0.25) is 0 Å². The Balaban J connectivity index is 2.34. The molecule has 4 heteroatoms. The smallest absolute Gasteiger partial charge is 0.138 e. The third-order valence-electron chi connectivity index (χ3n) is 4.26. The molecule has 1 aliphatic carbocycles. The molecule has 0 aliphatic heterocycles. The average Bonchev–Trinajstić information content (AvgIpc) is 2.70.